The Kier molecular flexibility index (Phi) is 4.29. The molecule has 1 aromatic heterocycles. The Morgan fingerprint density at radius 3 is 2.59 bits per heavy atom. The highest BCUT2D eigenvalue weighted by Gasteiger charge is 2.52. The molecular formula is C22H25NO4. The summed E-state index contributed by atoms with van der Waals surface area (Å²) in [5, 5.41) is 0. The third-order valence-electron chi connectivity index (χ3n) is 6.66. The first-order chi connectivity index (χ1) is 13.3. The van der Waals surface area contributed by atoms with Crippen molar-refractivity contribution in [3.8, 4) is 11.1 Å². The molecule has 0 N–H and O–H groups in total. The van der Waals surface area contributed by atoms with Crippen molar-refractivity contribution in [3.63, 3.8) is 0 Å². The van der Waals surface area contributed by atoms with Crippen molar-refractivity contribution in [2.45, 2.75) is 30.7 Å². The van der Waals surface area contributed by atoms with Crippen molar-refractivity contribution in [1.29, 1.82) is 0 Å². The van der Waals surface area contributed by atoms with Crippen LogP contribution in [0.5, 0.6) is 0 Å². The second-order valence-electron chi connectivity index (χ2n) is 7.93. The summed E-state index contributed by atoms with van der Waals surface area (Å²) in [7, 11) is 0. The van der Waals surface area contributed by atoms with Gasteiger partial charge in [-0.25, -0.2) is 0 Å². The van der Waals surface area contributed by atoms with E-state index in [2.05, 4.69) is 29.2 Å². The van der Waals surface area contributed by atoms with Crippen LogP contribution in [-0.2, 0) is 19.7 Å². The number of furan rings is 1. The topological polar surface area (TPSA) is 51.9 Å². The zero-order valence-electron chi connectivity index (χ0n) is 15.4. The van der Waals surface area contributed by atoms with Crippen LogP contribution in [0.1, 0.15) is 24.8 Å². The SMILES string of the molecule is O=C(C1CCOC1)N1CCC2(c3ccc(-c4ccoc4)cc3)CCOCC12. The van der Waals surface area contributed by atoms with Gasteiger partial charge in [-0.3, -0.25) is 4.79 Å². The van der Waals surface area contributed by atoms with Crippen LogP contribution in [0.25, 0.3) is 11.1 Å². The third kappa shape index (κ3) is 2.80. The lowest BCUT2D eigenvalue weighted by Crippen LogP contribution is -2.52. The van der Waals surface area contributed by atoms with Gasteiger partial charge in [0.2, 0.25) is 5.91 Å². The highest BCUT2D eigenvalue weighted by Crippen LogP contribution is 2.46. The van der Waals surface area contributed by atoms with Gasteiger partial charge in [-0.1, -0.05) is 24.3 Å². The molecule has 5 rings (SSSR count). The van der Waals surface area contributed by atoms with Gasteiger partial charge in [0.05, 0.1) is 37.7 Å². The van der Waals surface area contributed by atoms with Gasteiger partial charge in [0.1, 0.15) is 0 Å². The fourth-order valence-corrected chi connectivity index (χ4v) is 5.06. The number of ether oxygens (including phenoxy) is 2. The van der Waals surface area contributed by atoms with Crippen LogP contribution in [0.2, 0.25) is 0 Å². The normalized spacial score (nSPS) is 30.4. The van der Waals surface area contributed by atoms with Crippen LogP contribution in [0, 0.1) is 5.92 Å². The molecule has 5 nitrogen and oxygen atoms in total. The maximum atomic E-state index is 13.1. The highest BCUT2D eigenvalue weighted by molar-refractivity contribution is 5.80. The first-order valence-corrected chi connectivity index (χ1v) is 9.87. The summed E-state index contributed by atoms with van der Waals surface area (Å²) in [5.41, 5.74) is 3.57. The van der Waals surface area contributed by atoms with Gasteiger partial charge in [0.25, 0.3) is 0 Å². The van der Waals surface area contributed by atoms with E-state index < -0.39 is 0 Å². The molecule has 1 amide bonds. The number of likely N-dealkylation sites (tertiary alicyclic amines) is 1. The molecule has 0 radical (unpaired) electrons. The summed E-state index contributed by atoms with van der Waals surface area (Å²) >= 11 is 0. The molecule has 5 heteroatoms. The van der Waals surface area contributed by atoms with Crippen LogP contribution in [0.3, 0.4) is 0 Å². The molecule has 0 spiro atoms. The molecule has 1 aromatic carbocycles. The molecular weight excluding hydrogens is 342 g/mol. The van der Waals surface area contributed by atoms with Crippen LogP contribution < -0.4 is 0 Å². The van der Waals surface area contributed by atoms with Gasteiger partial charge in [-0.2, -0.15) is 0 Å². The second kappa shape index (κ2) is 6.80. The molecule has 4 heterocycles. The van der Waals surface area contributed by atoms with E-state index in [1.807, 2.05) is 6.07 Å². The largest absolute Gasteiger partial charge is 0.472 e. The lowest BCUT2D eigenvalue weighted by atomic mass is 9.70. The fraction of sp³-hybridized carbons (Fsp3) is 0.500. The summed E-state index contributed by atoms with van der Waals surface area (Å²) in [6, 6.07) is 10.9. The van der Waals surface area contributed by atoms with E-state index >= 15 is 0 Å². The van der Waals surface area contributed by atoms with E-state index in [-0.39, 0.29) is 23.3 Å². The maximum absolute atomic E-state index is 13.1. The molecule has 3 atom stereocenters. The van der Waals surface area contributed by atoms with Crippen molar-refractivity contribution in [3.05, 3.63) is 48.4 Å². The maximum Gasteiger partial charge on any atom is 0.228 e. The minimum atomic E-state index is 0.00228. The molecule has 3 aliphatic rings. The van der Waals surface area contributed by atoms with Crippen LogP contribution in [0.15, 0.2) is 47.3 Å². The Bertz CT molecular complexity index is 794. The molecule has 0 bridgehead atoms. The molecule has 3 fully saturated rings. The van der Waals surface area contributed by atoms with E-state index in [0.717, 1.165) is 43.5 Å². The Balaban J connectivity index is 1.43. The van der Waals surface area contributed by atoms with Gasteiger partial charge in [-0.05, 0) is 36.5 Å². The van der Waals surface area contributed by atoms with Crippen LogP contribution >= 0.6 is 0 Å². The first kappa shape index (κ1) is 17.0. The number of carbonyl (C=O) groups excluding carboxylic acids is 1. The first-order valence-electron chi connectivity index (χ1n) is 9.87. The standard InChI is InChI=1S/C22H25NO4/c24-21(18-6-11-26-14-18)23-9-7-22(8-12-27-15-20(22)23)19-3-1-16(2-4-19)17-5-10-25-13-17/h1-5,10,13,18,20H,6-9,11-12,14-15H2. The lowest BCUT2D eigenvalue weighted by Gasteiger charge is -2.42. The molecule has 142 valence electrons. The van der Waals surface area contributed by atoms with E-state index in [4.69, 9.17) is 13.9 Å². The van der Waals surface area contributed by atoms with Gasteiger partial charge in [0, 0.05) is 30.7 Å². The molecule has 0 aliphatic carbocycles. The lowest BCUT2D eigenvalue weighted by molar-refractivity contribution is -0.139. The number of carbonyl (C=O) groups is 1. The minimum Gasteiger partial charge on any atom is -0.472 e. The van der Waals surface area contributed by atoms with Gasteiger partial charge in [0.15, 0.2) is 0 Å². The monoisotopic (exact) mass is 367 g/mol. The van der Waals surface area contributed by atoms with E-state index in [0.29, 0.717) is 19.8 Å². The summed E-state index contributed by atoms with van der Waals surface area (Å²) < 4.78 is 16.5. The van der Waals surface area contributed by atoms with Crippen LogP contribution in [0.4, 0.5) is 0 Å². The molecule has 3 saturated heterocycles. The van der Waals surface area contributed by atoms with Crippen molar-refractivity contribution in [1.82, 2.24) is 4.90 Å². The zero-order valence-corrected chi connectivity index (χ0v) is 15.4. The number of hydrogen-bond donors (Lipinski definition) is 0. The Hall–Kier alpha value is -2.11. The predicted molar refractivity (Wildman–Crippen MR) is 100 cm³/mol. The summed E-state index contributed by atoms with van der Waals surface area (Å²) in [4.78, 5) is 15.2. The number of rotatable bonds is 3. The van der Waals surface area contributed by atoms with Crippen LogP contribution in [-0.4, -0.2) is 49.8 Å². The Morgan fingerprint density at radius 2 is 1.85 bits per heavy atom. The summed E-state index contributed by atoms with van der Waals surface area (Å²) in [5.74, 6) is 0.270. The minimum absolute atomic E-state index is 0.00228. The third-order valence-corrected chi connectivity index (χ3v) is 6.66. The highest BCUT2D eigenvalue weighted by atomic mass is 16.5. The van der Waals surface area contributed by atoms with E-state index in [1.54, 1.807) is 12.5 Å². The number of nitrogens with zero attached hydrogens (tertiary/aromatic N) is 1. The molecule has 0 saturated carbocycles. The van der Waals surface area contributed by atoms with Crippen molar-refractivity contribution in [2.24, 2.45) is 5.92 Å². The Labute approximate surface area is 159 Å². The molecule has 2 aromatic rings. The Morgan fingerprint density at radius 1 is 1.00 bits per heavy atom. The summed E-state index contributed by atoms with van der Waals surface area (Å²) in [6.07, 6.45) is 6.28. The van der Waals surface area contributed by atoms with Crippen molar-refractivity contribution in [2.75, 3.05) is 33.0 Å². The number of hydrogen-bond acceptors (Lipinski definition) is 4. The predicted octanol–water partition coefficient (Wildman–Crippen LogP) is 3.24. The van der Waals surface area contributed by atoms with Gasteiger partial charge >= 0.3 is 0 Å². The van der Waals surface area contributed by atoms with Crippen molar-refractivity contribution < 1.29 is 18.7 Å². The van der Waals surface area contributed by atoms with Gasteiger partial charge < -0.3 is 18.8 Å². The number of benzene rings is 1. The molecule has 27 heavy (non-hydrogen) atoms. The van der Waals surface area contributed by atoms with E-state index in [1.165, 1.54) is 5.56 Å². The van der Waals surface area contributed by atoms with Crippen molar-refractivity contribution >= 4 is 5.91 Å². The average molecular weight is 367 g/mol. The average Bonchev–Trinajstić information content (AvgIpc) is 3.49. The number of amides is 1. The number of fused-ring (bicyclic) bond motifs is 1. The van der Waals surface area contributed by atoms with Gasteiger partial charge in [-0.15, -0.1) is 0 Å². The zero-order chi connectivity index (χ0) is 18.3. The molecule has 3 aliphatic heterocycles. The fourth-order valence-electron chi connectivity index (χ4n) is 5.06. The van der Waals surface area contributed by atoms with E-state index in [9.17, 15) is 4.79 Å². The smallest absolute Gasteiger partial charge is 0.228 e. The second-order valence-corrected chi connectivity index (χ2v) is 7.93. The quantitative estimate of drug-likeness (QED) is 0.836. The summed E-state index contributed by atoms with van der Waals surface area (Å²) in [6.45, 7) is 3.46. The molecule has 3 unspecified atom stereocenters.